The standard InChI is InChI=1S/C72H104N14O18/c1-6-44(4)62(70(102)86-38-20-27-55(86)66(98)82-53(71(103)104)39-43(2)3)83-67(99)56-28-19-36-84(56)68(100)49(32-33-60(91)92)80-63(95)50(40-46-21-9-7-10-22-46)81-64(96)51(42-61(93)94)78-59(90)31-15-16-34-75-58(89)30-14-13-29-57(88)48(25-17-35-76-72(73)74)79-65(97)54-26-18-37-85(54)69(101)52(77-45(5)87)41-47-23-11-8-12-24-47/h7-12,15-16,21-24,43-44,48-56,62H,6,13-14,17-20,25-42H2,1-5H3,(H,75,89)(H,77,87)(H,78,90)(H,79,97)(H,80,95)(H,81,96)(H,82,98)(H,83,99)(H,91,92)(H,93,94)(H,103,104)(H4,73,74,76)/b16-15+/t44-,48-,49-,50-,51-,52+,53-,54-,55-,56-,62-/m0/s1. The second kappa shape index (κ2) is 43.0. The number of unbranched alkanes of at least 4 members (excludes halogenated alkanes) is 1. The summed E-state index contributed by atoms with van der Waals surface area (Å²) in [6.45, 7) is 8.98. The summed E-state index contributed by atoms with van der Waals surface area (Å²) >= 11 is 0. The van der Waals surface area contributed by atoms with E-state index in [0.717, 1.165) is 5.56 Å². The number of benzene rings is 2. The van der Waals surface area contributed by atoms with Gasteiger partial charge in [-0.15, -0.1) is 0 Å². The largest absolute Gasteiger partial charge is 0.481 e. The van der Waals surface area contributed by atoms with Crippen LogP contribution in [0.2, 0.25) is 0 Å². The maximum Gasteiger partial charge on any atom is 0.326 e. The second-order valence-electron chi connectivity index (χ2n) is 27.0. The molecule has 5 rings (SSSR count). The number of guanidine groups is 1. The summed E-state index contributed by atoms with van der Waals surface area (Å²) in [5.41, 5.74) is 12.3. The third-order valence-corrected chi connectivity index (χ3v) is 18.4. The predicted molar refractivity (Wildman–Crippen MR) is 380 cm³/mol. The molecule has 0 aliphatic carbocycles. The van der Waals surface area contributed by atoms with Crippen LogP contribution in [0, 0.1) is 11.8 Å². The average Bonchev–Trinajstić information content (AvgIpc) is 1.62. The lowest BCUT2D eigenvalue weighted by Gasteiger charge is -2.34. The fourth-order valence-electron chi connectivity index (χ4n) is 12.8. The van der Waals surface area contributed by atoms with Gasteiger partial charge in [-0.1, -0.05) is 107 Å². The number of nitrogens with one attached hydrogen (secondary N) is 8. The van der Waals surface area contributed by atoms with Crippen molar-refractivity contribution in [2.24, 2.45) is 28.3 Å². The van der Waals surface area contributed by atoms with Gasteiger partial charge in [-0.2, -0.15) is 0 Å². The Balaban J connectivity index is 1.17. The van der Waals surface area contributed by atoms with E-state index in [9.17, 15) is 87.2 Å². The van der Waals surface area contributed by atoms with Crippen molar-refractivity contribution < 1.29 is 87.2 Å². The van der Waals surface area contributed by atoms with E-state index in [-0.39, 0.29) is 115 Å². The highest BCUT2D eigenvalue weighted by Crippen LogP contribution is 2.26. The molecule has 2 aromatic rings. The van der Waals surface area contributed by atoms with Crippen LogP contribution in [0.5, 0.6) is 0 Å². The van der Waals surface area contributed by atoms with Gasteiger partial charge in [0.15, 0.2) is 11.7 Å². The molecule has 2 aromatic carbocycles. The number of likely N-dealkylation sites (tertiary alicyclic amines) is 3. The molecule has 104 heavy (non-hydrogen) atoms. The Morgan fingerprint density at radius 1 is 0.538 bits per heavy atom. The van der Waals surface area contributed by atoms with E-state index < -0.39 is 175 Å². The lowest BCUT2D eigenvalue weighted by atomic mass is 9.96. The highest BCUT2D eigenvalue weighted by atomic mass is 16.4. The topological polar surface area (TPSA) is 487 Å². The normalized spacial score (nSPS) is 17.9. The lowest BCUT2D eigenvalue weighted by molar-refractivity contribution is -0.146. The number of nitrogens with zero attached hydrogens (tertiary/aromatic N) is 4. The second-order valence-corrected chi connectivity index (χ2v) is 27.0. The van der Waals surface area contributed by atoms with Gasteiger partial charge in [0.1, 0.15) is 54.4 Å². The Kier molecular flexibility index (Phi) is 34.8. The minimum atomic E-state index is -1.76. The van der Waals surface area contributed by atoms with E-state index in [1.165, 1.54) is 33.8 Å². The number of amides is 11. The Labute approximate surface area is 605 Å². The van der Waals surface area contributed by atoms with Gasteiger partial charge in [-0.05, 0) is 100 Å². The molecule has 0 unspecified atom stereocenters. The quantitative estimate of drug-likeness (QED) is 0.0187. The van der Waals surface area contributed by atoms with Crippen molar-refractivity contribution in [2.75, 3.05) is 32.7 Å². The van der Waals surface area contributed by atoms with Crippen LogP contribution in [-0.4, -0.2) is 218 Å². The van der Waals surface area contributed by atoms with Crippen LogP contribution >= 0.6 is 0 Å². The molecule has 15 N–H and O–H groups in total. The zero-order valence-electron chi connectivity index (χ0n) is 59.9. The molecule has 11 amide bonds. The molecule has 0 spiro atoms. The Bertz CT molecular complexity index is 3390. The molecule has 32 heteroatoms. The summed E-state index contributed by atoms with van der Waals surface area (Å²) in [6.07, 6.45) is 3.82. The molecular formula is C72H104N14O18. The fraction of sp³-hybridized carbons (Fsp3) is 0.583. The van der Waals surface area contributed by atoms with Crippen LogP contribution in [-0.2, 0) is 84.8 Å². The number of rotatable bonds is 43. The minimum Gasteiger partial charge on any atom is -0.481 e. The third kappa shape index (κ3) is 27.8. The molecule has 3 aliphatic heterocycles. The van der Waals surface area contributed by atoms with Crippen LogP contribution < -0.4 is 54.0 Å². The fourth-order valence-corrected chi connectivity index (χ4v) is 12.8. The number of ketones is 1. The molecule has 3 aliphatic rings. The number of hydrogen-bond acceptors (Lipinski definition) is 16. The summed E-state index contributed by atoms with van der Waals surface area (Å²) in [7, 11) is 0. The van der Waals surface area contributed by atoms with Gasteiger partial charge in [-0.3, -0.25) is 72.1 Å². The average molecular weight is 1450 g/mol. The Morgan fingerprint density at radius 2 is 1.05 bits per heavy atom. The van der Waals surface area contributed by atoms with E-state index in [1.807, 2.05) is 44.2 Å². The summed E-state index contributed by atoms with van der Waals surface area (Å²) in [5, 5.41) is 50.5. The molecule has 570 valence electrons. The molecule has 0 saturated carbocycles. The first-order valence-corrected chi connectivity index (χ1v) is 35.7. The van der Waals surface area contributed by atoms with Gasteiger partial charge in [0.2, 0.25) is 65.0 Å². The predicted octanol–water partition coefficient (Wildman–Crippen LogP) is 0.620. The smallest absolute Gasteiger partial charge is 0.326 e. The summed E-state index contributed by atoms with van der Waals surface area (Å²) in [4.78, 5) is 209. The van der Waals surface area contributed by atoms with Gasteiger partial charge < -0.3 is 84.0 Å². The Morgan fingerprint density at radius 3 is 1.57 bits per heavy atom. The van der Waals surface area contributed by atoms with Crippen LogP contribution in [0.25, 0.3) is 0 Å². The number of hydrogen-bond donors (Lipinski definition) is 13. The molecule has 11 atom stereocenters. The number of carboxylic acid groups (broad SMARTS) is 3. The molecule has 3 heterocycles. The van der Waals surface area contributed by atoms with Crippen molar-refractivity contribution in [3.63, 3.8) is 0 Å². The van der Waals surface area contributed by atoms with E-state index in [2.05, 4.69) is 47.5 Å². The van der Waals surface area contributed by atoms with E-state index >= 15 is 0 Å². The van der Waals surface area contributed by atoms with E-state index in [1.54, 1.807) is 44.2 Å². The number of aliphatic imine (C=N–C) groups is 1. The van der Waals surface area contributed by atoms with Crippen molar-refractivity contribution in [3.8, 4) is 0 Å². The zero-order chi connectivity index (χ0) is 76.6. The van der Waals surface area contributed by atoms with E-state index in [4.69, 9.17) is 11.5 Å². The first-order chi connectivity index (χ1) is 49.5. The molecule has 3 saturated heterocycles. The highest BCUT2D eigenvalue weighted by molar-refractivity contribution is 5.99. The van der Waals surface area contributed by atoms with Gasteiger partial charge in [0.25, 0.3) is 0 Å². The van der Waals surface area contributed by atoms with Crippen LogP contribution in [0.4, 0.5) is 0 Å². The lowest BCUT2D eigenvalue weighted by Crippen LogP contribution is -2.60. The minimum absolute atomic E-state index is 0.00205. The summed E-state index contributed by atoms with van der Waals surface area (Å²) in [6, 6.07) is 5.02. The highest BCUT2D eigenvalue weighted by Gasteiger charge is 2.45. The van der Waals surface area contributed by atoms with Gasteiger partial charge in [-0.25, -0.2) is 4.79 Å². The number of carbonyl (C=O) groups is 15. The number of aliphatic carboxylic acids is 3. The number of Topliss-reactive ketones (excluding diaryl/α,β-unsaturated/α-hetero) is 1. The van der Waals surface area contributed by atoms with Crippen molar-refractivity contribution >= 4 is 94.6 Å². The first kappa shape index (κ1) is 84.4. The summed E-state index contributed by atoms with van der Waals surface area (Å²) < 4.78 is 0. The van der Waals surface area contributed by atoms with Gasteiger partial charge >= 0.3 is 17.9 Å². The molecule has 3 fully saturated rings. The monoisotopic (exact) mass is 1450 g/mol. The maximum absolute atomic E-state index is 14.6. The Hall–Kier alpha value is -10.3. The van der Waals surface area contributed by atoms with Crippen molar-refractivity contribution in [3.05, 3.63) is 83.9 Å². The molecule has 0 bridgehead atoms. The van der Waals surface area contributed by atoms with Crippen molar-refractivity contribution in [2.45, 2.75) is 223 Å². The summed E-state index contributed by atoms with van der Waals surface area (Å²) in [5.74, 6) is -12.6. The maximum atomic E-state index is 14.6. The van der Waals surface area contributed by atoms with E-state index in [0.29, 0.717) is 44.1 Å². The number of nitrogens with two attached hydrogens (primary N) is 2. The van der Waals surface area contributed by atoms with Crippen LogP contribution in [0.3, 0.4) is 0 Å². The van der Waals surface area contributed by atoms with Gasteiger partial charge in [0, 0.05) is 78.2 Å². The first-order valence-electron chi connectivity index (χ1n) is 35.7. The number of carboxylic acids is 3. The number of carbonyl (C=O) groups excluding carboxylic acids is 12. The molecular weight excluding hydrogens is 1350 g/mol. The molecule has 32 nitrogen and oxygen atoms in total. The zero-order valence-corrected chi connectivity index (χ0v) is 59.9. The van der Waals surface area contributed by atoms with Crippen molar-refractivity contribution in [1.82, 2.24) is 57.2 Å². The molecule has 0 radical (unpaired) electrons. The molecule has 0 aromatic heterocycles. The third-order valence-electron chi connectivity index (χ3n) is 18.4. The SMILES string of the molecule is CC[C@H](C)[C@H](NC(=O)[C@@H]1CCCN1C(=O)[C@H](CCC(=O)O)NC(=O)[C@H](Cc1ccccc1)NC(=O)[C@H](CC(=O)O)NC(=O)C/C=C/CNC(=O)CCCCC(=O)[C@H](CCCN=C(N)N)NC(=O)[C@@H]1CCCN1C(=O)[C@@H](Cc1ccccc1)NC(C)=O)C(=O)N1CCC[C@H]1C(=O)N[C@@H](CC(C)C)C(=O)O. The van der Waals surface area contributed by atoms with Gasteiger partial charge in [0.05, 0.1) is 12.5 Å². The van der Waals surface area contributed by atoms with Crippen LogP contribution in [0.15, 0.2) is 77.8 Å². The van der Waals surface area contributed by atoms with Crippen LogP contribution in [0.1, 0.15) is 161 Å². The van der Waals surface area contributed by atoms with Crippen molar-refractivity contribution in [1.29, 1.82) is 0 Å².